The zero-order valence-corrected chi connectivity index (χ0v) is 14.0. The Morgan fingerprint density at radius 2 is 2.17 bits per heavy atom. The number of carbonyl (C=O) groups is 1. The van der Waals surface area contributed by atoms with Crippen LogP contribution >= 0.6 is 0 Å². The topological polar surface area (TPSA) is 97.4 Å². The Labute approximate surface area is 139 Å². The number of rotatable bonds is 3. The molecule has 0 aromatic heterocycles. The standard InChI is InChI=1S/C16H22FN3O4/c1-16(2,3)24-15(21)20-7-6-11(9-20)23-10-4-5-12(13(17)8-10)14(18)19-22/h4-5,8,11,22H,6-7,9H2,1-3H3,(H2,18,19)/t11-/m0/s1. The van der Waals surface area contributed by atoms with Gasteiger partial charge in [0.25, 0.3) is 0 Å². The highest BCUT2D eigenvalue weighted by Gasteiger charge is 2.31. The maximum Gasteiger partial charge on any atom is 0.410 e. The van der Waals surface area contributed by atoms with Crippen LogP contribution in [0.15, 0.2) is 23.4 Å². The molecule has 1 aliphatic heterocycles. The van der Waals surface area contributed by atoms with Gasteiger partial charge in [0.2, 0.25) is 0 Å². The third-order valence-electron chi connectivity index (χ3n) is 3.42. The van der Waals surface area contributed by atoms with Crippen LogP contribution in [0.3, 0.4) is 0 Å². The van der Waals surface area contributed by atoms with Crippen LogP contribution in [0.5, 0.6) is 5.75 Å². The Morgan fingerprint density at radius 3 is 2.75 bits per heavy atom. The van der Waals surface area contributed by atoms with E-state index in [2.05, 4.69) is 5.16 Å². The fraction of sp³-hybridized carbons (Fsp3) is 0.500. The van der Waals surface area contributed by atoms with E-state index >= 15 is 0 Å². The van der Waals surface area contributed by atoms with Crippen molar-refractivity contribution >= 4 is 11.9 Å². The highest BCUT2D eigenvalue weighted by molar-refractivity contribution is 5.97. The largest absolute Gasteiger partial charge is 0.488 e. The number of benzene rings is 1. The molecule has 8 heteroatoms. The van der Waals surface area contributed by atoms with Gasteiger partial charge in [0.05, 0.1) is 12.1 Å². The maximum absolute atomic E-state index is 13.9. The van der Waals surface area contributed by atoms with E-state index in [1.807, 2.05) is 0 Å². The molecule has 2 rings (SSSR count). The van der Waals surface area contributed by atoms with E-state index in [9.17, 15) is 9.18 Å². The molecule has 1 atom stereocenters. The highest BCUT2D eigenvalue weighted by atomic mass is 19.1. The Hall–Kier alpha value is -2.51. The molecule has 24 heavy (non-hydrogen) atoms. The number of halogens is 1. The molecule has 1 amide bonds. The molecule has 1 aliphatic rings. The molecule has 0 spiro atoms. The van der Waals surface area contributed by atoms with Crippen molar-refractivity contribution in [3.05, 3.63) is 29.6 Å². The summed E-state index contributed by atoms with van der Waals surface area (Å²) < 4.78 is 24.9. The zero-order valence-electron chi connectivity index (χ0n) is 14.0. The molecule has 1 aromatic rings. The summed E-state index contributed by atoms with van der Waals surface area (Å²) >= 11 is 0. The number of ether oxygens (including phenoxy) is 2. The summed E-state index contributed by atoms with van der Waals surface area (Å²) in [5.41, 5.74) is 4.81. The van der Waals surface area contributed by atoms with Crippen LogP contribution in [0.4, 0.5) is 9.18 Å². The van der Waals surface area contributed by atoms with Crippen molar-refractivity contribution in [2.75, 3.05) is 13.1 Å². The molecule has 132 valence electrons. The minimum atomic E-state index is -0.648. The lowest BCUT2D eigenvalue weighted by atomic mass is 10.2. The van der Waals surface area contributed by atoms with Gasteiger partial charge in [-0.3, -0.25) is 0 Å². The molecule has 0 unspecified atom stereocenters. The van der Waals surface area contributed by atoms with Gasteiger partial charge in [-0.15, -0.1) is 0 Å². The lowest BCUT2D eigenvalue weighted by Crippen LogP contribution is -2.36. The first-order valence-electron chi connectivity index (χ1n) is 7.61. The fourth-order valence-electron chi connectivity index (χ4n) is 2.34. The molecule has 1 aromatic carbocycles. The average molecular weight is 339 g/mol. The molecule has 0 saturated carbocycles. The van der Waals surface area contributed by atoms with E-state index in [-0.39, 0.29) is 23.6 Å². The molecule has 3 N–H and O–H groups in total. The molecule has 0 radical (unpaired) electrons. The quantitative estimate of drug-likeness (QED) is 0.381. The molecule has 7 nitrogen and oxygen atoms in total. The molecule has 1 saturated heterocycles. The van der Waals surface area contributed by atoms with Crippen LogP contribution < -0.4 is 10.5 Å². The van der Waals surface area contributed by atoms with Crippen molar-refractivity contribution in [1.29, 1.82) is 0 Å². The summed E-state index contributed by atoms with van der Waals surface area (Å²) in [5.74, 6) is -0.640. The summed E-state index contributed by atoms with van der Waals surface area (Å²) in [6.07, 6.45) is -0.00302. The number of nitrogens with zero attached hydrogens (tertiary/aromatic N) is 2. The minimum absolute atomic E-state index is 0.00773. The minimum Gasteiger partial charge on any atom is -0.488 e. The summed E-state index contributed by atoms with van der Waals surface area (Å²) in [6, 6.07) is 4.08. The summed E-state index contributed by atoms with van der Waals surface area (Å²) in [5, 5.41) is 11.4. The second kappa shape index (κ2) is 6.94. The van der Waals surface area contributed by atoms with Crippen LogP contribution in [0.25, 0.3) is 0 Å². The molecule has 0 bridgehead atoms. The first-order valence-corrected chi connectivity index (χ1v) is 7.61. The van der Waals surface area contributed by atoms with Crippen LogP contribution in [0.1, 0.15) is 32.8 Å². The van der Waals surface area contributed by atoms with Gasteiger partial charge in [-0.1, -0.05) is 5.16 Å². The Morgan fingerprint density at radius 1 is 1.46 bits per heavy atom. The number of amides is 1. The van der Waals surface area contributed by atoms with E-state index in [1.165, 1.54) is 18.2 Å². The van der Waals surface area contributed by atoms with Crippen molar-refractivity contribution in [3.8, 4) is 5.75 Å². The number of oxime groups is 1. The number of amidine groups is 1. The second-order valence-corrected chi connectivity index (χ2v) is 6.58. The zero-order chi connectivity index (χ0) is 17.9. The number of likely N-dealkylation sites (tertiary alicyclic amines) is 1. The van der Waals surface area contributed by atoms with Crippen LogP contribution in [-0.4, -0.2) is 46.8 Å². The van der Waals surface area contributed by atoms with E-state index in [0.717, 1.165) is 0 Å². The lowest BCUT2D eigenvalue weighted by molar-refractivity contribution is 0.0275. The van der Waals surface area contributed by atoms with Gasteiger partial charge in [-0.05, 0) is 32.9 Å². The van der Waals surface area contributed by atoms with Gasteiger partial charge in [-0.2, -0.15) is 0 Å². The maximum atomic E-state index is 13.9. The van der Waals surface area contributed by atoms with Crippen molar-refractivity contribution in [1.82, 2.24) is 4.90 Å². The van der Waals surface area contributed by atoms with Gasteiger partial charge < -0.3 is 25.3 Å². The molecule has 1 heterocycles. The first kappa shape index (κ1) is 17.8. The van der Waals surface area contributed by atoms with E-state index in [1.54, 1.807) is 25.7 Å². The van der Waals surface area contributed by atoms with Gasteiger partial charge in [0, 0.05) is 19.0 Å². The monoisotopic (exact) mass is 339 g/mol. The molecule has 0 aliphatic carbocycles. The van der Waals surface area contributed by atoms with Crippen LogP contribution in [-0.2, 0) is 4.74 Å². The summed E-state index contributed by atoms with van der Waals surface area (Å²) in [6.45, 7) is 6.31. The van der Waals surface area contributed by atoms with E-state index in [4.69, 9.17) is 20.4 Å². The predicted octanol–water partition coefficient (Wildman–Crippen LogP) is 2.31. The van der Waals surface area contributed by atoms with Gasteiger partial charge >= 0.3 is 6.09 Å². The SMILES string of the molecule is CC(C)(C)OC(=O)N1CC[C@H](Oc2ccc(C(N)=NO)c(F)c2)C1. The highest BCUT2D eigenvalue weighted by Crippen LogP contribution is 2.22. The molecular weight excluding hydrogens is 317 g/mol. The van der Waals surface area contributed by atoms with Crippen molar-refractivity contribution in [3.63, 3.8) is 0 Å². The van der Waals surface area contributed by atoms with Gasteiger partial charge in [0.1, 0.15) is 23.3 Å². The van der Waals surface area contributed by atoms with Gasteiger partial charge in [0.15, 0.2) is 5.84 Å². The number of hydrogen-bond acceptors (Lipinski definition) is 5. The molecule has 1 fully saturated rings. The third-order valence-corrected chi connectivity index (χ3v) is 3.42. The normalized spacial score (nSPS) is 18.6. The number of carbonyl (C=O) groups excluding carboxylic acids is 1. The lowest BCUT2D eigenvalue weighted by Gasteiger charge is -2.24. The predicted molar refractivity (Wildman–Crippen MR) is 85.8 cm³/mol. The Kier molecular flexibility index (Phi) is 5.16. The van der Waals surface area contributed by atoms with Crippen molar-refractivity contribution in [2.45, 2.75) is 38.9 Å². The smallest absolute Gasteiger partial charge is 0.410 e. The number of hydrogen-bond donors (Lipinski definition) is 2. The van der Waals surface area contributed by atoms with Gasteiger partial charge in [-0.25, -0.2) is 9.18 Å². The van der Waals surface area contributed by atoms with Crippen LogP contribution in [0, 0.1) is 5.82 Å². The Balaban J connectivity index is 1.96. The van der Waals surface area contributed by atoms with E-state index < -0.39 is 11.4 Å². The van der Waals surface area contributed by atoms with Crippen LogP contribution in [0.2, 0.25) is 0 Å². The summed E-state index contributed by atoms with van der Waals surface area (Å²) in [7, 11) is 0. The second-order valence-electron chi connectivity index (χ2n) is 6.58. The average Bonchev–Trinajstić information content (AvgIpc) is 2.93. The van der Waals surface area contributed by atoms with E-state index in [0.29, 0.717) is 25.3 Å². The fourth-order valence-corrected chi connectivity index (χ4v) is 2.34. The summed E-state index contributed by atoms with van der Waals surface area (Å²) in [4.78, 5) is 13.6. The van der Waals surface area contributed by atoms with Crippen molar-refractivity contribution < 1.29 is 23.9 Å². The number of nitrogens with two attached hydrogens (primary N) is 1. The first-order chi connectivity index (χ1) is 11.2. The van der Waals surface area contributed by atoms with Crippen molar-refractivity contribution in [2.24, 2.45) is 10.9 Å². The third kappa shape index (κ3) is 4.50. The molecular formula is C16H22FN3O4. The Bertz CT molecular complexity index is 643.